The highest BCUT2D eigenvalue weighted by Crippen LogP contribution is 2.21. The monoisotopic (exact) mass is 302 g/mol. The molecule has 0 radical (unpaired) electrons. The largest absolute Gasteiger partial charge is 0.376 e. The average molecular weight is 302 g/mol. The number of morpholine rings is 1. The van der Waals surface area contributed by atoms with Gasteiger partial charge < -0.3 is 10.1 Å². The molecule has 0 amide bonds. The number of rotatable bonds is 4. The molecule has 112 valence electrons. The summed E-state index contributed by atoms with van der Waals surface area (Å²) < 4.78 is 45.4. The molecule has 1 unspecified atom stereocenters. The van der Waals surface area contributed by atoms with Crippen LogP contribution in [0.2, 0.25) is 0 Å². The molecule has 1 atom stereocenters. The minimum absolute atomic E-state index is 0.123. The number of hydrogen-bond acceptors (Lipinski definition) is 4. The van der Waals surface area contributed by atoms with Gasteiger partial charge in [-0.15, -0.1) is 0 Å². The summed E-state index contributed by atoms with van der Waals surface area (Å²) in [7, 11) is -1.91. The van der Waals surface area contributed by atoms with E-state index in [4.69, 9.17) is 4.74 Å². The van der Waals surface area contributed by atoms with Gasteiger partial charge in [-0.1, -0.05) is 0 Å². The summed E-state index contributed by atoms with van der Waals surface area (Å²) in [5.41, 5.74) is 0.342. The Kier molecular flexibility index (Phi) is 4.74. The Labute approximate surface area is 118 Å². The molecule has 7 heteroatoms. The molecular weight excluding hydrogens is 283 g/mol. The fourth-order valence-electron chi connectivity index (χ4n) is 2.19. The summed E-state index contributed by atoms with van der Waals surface area (Å²) in [5.74, 6) is -0.409. The second kappa shape index (κ2) is 6.17. The lowest BCUT2D eigenvalue weighted by molar-refractivity contribution is 0.0102. The highest BCUT2D eigenvalue weighted by molar-refractivity contribution is 7.89. The fraction of sp³-hybridized carbons (Fsp3) is 0.538. The standard InChI is InChI=1S/C13H19FN2O3S/c1-10-9-16(5-6-19-10)20(17,18)12-3-4-13(14)11(7-12)8-15-2/h3-4,7,10,15H,5-6,8-9H2,1-2H3. The minimum atomic E-state index is -3.59. The summed E-state index contributed by atoms with van der Waals surface area (Å²) in [6, 6.07) is 3.90. The van der Waals surface area contributed by atoms with Crippen LogP contribution in [-0.4, -0.2) is 45.6 Å². The van der Waals surface area contributed by atoms with E-state index in [1.807, 2.05) is 6.92 Å². The van der Waals surface area contributed by atoms with Gasteiger partial charge in [-0.25, -0.2) is 12.8 Å². The van der Waals surface area contributed by atoms with Gasteiger partial charge in [0.05, 0.1) is 17.6 Å². The number of nitrogens with zero attached hydrogens (tertiary/aromatic N) is 1. The third-order valence-electron chi connectivity index (χ3n) is 3.23. The van der Waals surface area contributed by atoms with Gasteiger partial charge in [-0.2, -0.15) is 4.31 Å². The molecule has 5 nitrogen and oxygen atoms in total. The van der Waals surface area contributed by atoms with Crippen molar-refractivity contribution in [1.82, 2.24) is 9.62 Å². The molecule has 1 aromatic carbocycles. The maximum atomic E-state index is 13.6. The number of ether oxygens (including phenoxy) is 1. The van der Waals surface area contributed by atoms with Gasteiger partial charge in [0.1, 0.15) is 5.82 Å². The summed E-state index contributed by atoms with van der Waals surface area (Å²) in [6.45, 7) is 3.14. The van der Waals surface area contributed by atoms with E-state index in [1.165, 1.54) is 22.5 Å². The van der Waals surface area contributed by atoms with Crippen LogP contribution >= 0.6 is 0 Å². The fourth-order valence-corrected chi connectivity index (χ4v) is 3.74. The van der Waals surface area contributed by atoms with E-state index in [0.717, 1.165) is 0 Å². The molecule has 1 aliphatic heterocycles. The molecule has 1 heterocycles. The Morgan fingerprint density at radius 2 is 2.25 bits per heavy atom. The highest BCUT2D eigenvalue weighted by atomic mass is 32.2. The Hall–Kier alpha value is -1.02. The summed E-state index contributed by atoms with van der Waals surface area (Å²) in [4.78, 5) is 0.123. The van der Waals surface area contributed by atoms with Gasteiger partial charge in [-0.05, 0) is 32.2 Å². The lowest BCUT2D eigenvalue weighted by Gasteiger charge is -2.30. The van der Waals surface area contributed by atoms with E-state index in [-0.39, 0.29) is 17.5 Å². The van der Waals surface area contributed by atoms with Crippen molar-refractivity contribution in [3.8, 4) is 0 Å². The zero-order valence-electron chi connectivity index (χ0n) is 11.6. The van der Waals surface area contributed by atoms with Gasteiger partial charge in [0.25, 0.3) is 0 Å². The normalized spacial score (nSPS) is 21.1. The zero-order valence-corrected chi connectivity index (χ0v) is 12.4. The van der Waals surface area contributed by atoms with Crippen molar-refractivity contribution in [2.24, 2.45) is 0 Å². The van der Waals surface area contributed by atoms with Gasteiger partial charge in [-0.3, -0.25) is 0 Å². The third kappa shape index (κ3) is 3.17. The van der Waals surface area contributed by atoms with Crippen molar-refractivity contribution >= 4 is 10.0 Å². The van der Waals surface area contributed by atoms with Gasteiger partial charge in [0, 0.05) is 25.2 Å². The predicted octanol–water partition coefficient (Wildman–Crippen LogP) is 0.954. The Morgan fingerprint density at radius 3 is 2.90 bits per heavy atom. The van der Waals surface area contributed by atoms with Crippen molar-refractivity contribution in [1.29, 1.82) is 0 Å². The van der Waals surface area contributed by atoms with Crippen LogP contribution in [0.25, 0.3) is 0 Å². The van der Waals surface area contributed by atoms with Crippen molar-refractivity contribution in [2.45, 2.75) is 24.5 Å². The van der Waals surface area contributed by atoms with Gasteiger partial charge in [0.2, 0.25) is 10.0 Å². The maximum absolute atomic E-state index is 13.6. The molecule has 0 aliphatic carbocycles. The van der Waals surface area contributed by atoms with E-state index in [2.05, 4.69) is 5.32 Å². The van der Waals surface area contributed by atoms with Crippen LogP contribution in [0.5, 0.6) is 0 Å². The quantitative estimate of drug-likeness (QED) is 0.900. The topological polar surface area (TPSA) is 58.6 Å². The van der Waals surface area contributed by atoms with Crippen LogP contribution in [0.15, 0.2) is 23.1 Å². The summed E-state index contributed by atoms with van der Waals surface area (Å²) in [5, 5.41) is 2.82. The highest BCUT2D eigenvalue weighted by Gasteiger charge is 2.29. The van der Waals surface area contributed by atoms with Gasteiger partial charge >= 0.3 is 0 Å². The molecule has 2 rings (SSSR count). The minimum Gasteiger partial charge on any atom is -0.376 e. The van der Waals surface area contributed by atoms with Crippen LogP contribution in [0, 0.1) is 5.82 Å². The zero-order chi connectivity index (χ0) is 14.8. The van der Waals surface area contributed by atoms with Crippen LogP contribution < -0.4 is 5.32 Å². The van der Waals surface area contributed by atoms with Crippen LogP contribution in [0.3, 0.4) is 0 Å². The van der Waals surface area contributed by atoms with E-state index in [0.29, 0.717) is 25.3 Å². The molecule has 0 aromatic heterocycles. The summed E-state index contributed by atoms with van der Waals surface area (Å²) in [6.07, 6.45) is -0.129. The lowest BCUT2D eigenvalue weighted by atomic mass is 10.2. The average Bonchev–Trinajstić information content (AvgIpc) is 2.41. The number of sulfonamides is 1. The van der Waals surface area contributed by atoms with Crippen LogP contribution in [-0.2, 0) is 21.3 Å². The summed E-state index contributed by atoms with van der Waals surface area (Å²) >= 11 is 0. The molecule has 0 saturated carbocycles. The number of halogens is 1. The molecule has 20 heavy (non-hydrogen) atoms. The lowest BCUT2D eigenvalue weighted by Crippen LogP contribution is -2.44. The maximum Gasteiger partial charge on any atom is 0.243 e. The second-order valence-electron chi connectivity index (χ2n) is 4.83. The predicted molar refractivity (Wildman–Crippen MR) is 73.3 cm³/mol. The molecular formula is C13H19FN2O3S. The Balaban J connectivity index is 2.31. The third-order valence-corrected chi connectivity index (χ3v) is 5.09. The Bertz CT molecular complexity index is 577. The molecule has 1 fully saturated rings. The Morgan fingerprint density at radius 1 is 1.50 bits per heavy atom. The van der Waals surface area contributed by atoms with Gasteiger partial charge in [0.15, 0.2) is 0 Å². The first-order valence-electron chi connectivity index (χ1n) is 6.50. The second-order valence-corrected chi connectivity index (χ2v) is 6.77. The molecule has 1 saturated heterocycles. The van der Waals surface area contributed by atoms with E-state index >= 15 is 0 Å². The first kappa shape index (κ1) is 15.4. The first-order valence-corrected chi connectivity index (χ1v) is 7.94. The molecule has 1 N–H and O–H groups in total. The van der Waals surface area contributed by atoms with Crippen molar-refractivity contribution in [2.75, 3.05) is 26.7 Å². The molecule has 0 bridgehead atoms. The van der Waals surface area contributed by atoms with Crippen molar-refractivity contribution in [3.05, 3.63) is 29.6 Å². The van der Waals surface area contributed by atoms with E-state index in [1.54, 1.807) is 7.05 Å². The van der Waals surface area contributed by atoms with E-state index in [9.17, 15) is 12.8 Å². The number of benzene rings is 1. The SMILES string of the molecule is CNCc1cc(S(=O)(=O)N2CCOC(C)C2)ccc1F. The van der Waals surface area contributed by atoms with Crippen molar-refractivity contribution < 1.29 is 17.5 Å². The smallest absolute Gasteiger partial charge is 0.243 e. The molecule has 0 spiro atoms. The van der Waals surface area contributed by atoms with E-state index < -0.39 is 15.8 Å². The molecule has 1 aromatic rings. The molecule has 1 aliphatic rings. The number of hydrogen-bond donors (Lipinski definition) is 1. The number of nitrogens with one attached hydrogen (secondary N) is 1. The first-order chi connectivity index (χ1) is 9.45. The van der Waals surface area contributed by atoms with Crippen LogP contribution in [0.1, 0.15) is 12.5 Å². The van der Waals surface area contributed by atoms with Crippen LogP contribution in [0.4, 0.5) is 4.39 Å². The van der Waals surface area contributed by atoms with Crippen molar-refractivity contribution in [3.63, 3.8) is 0 Å².